The van der Waals surface area contributed by atoms with Gasteiger partial charge < -0.3 is 15.3 Å². The van der Waals surface area contributed by atoms with Gasteiger partial charge in [0.05, 0.1) is 23.2 Å². The molecule has 10 atom stereocenters. The summed E-state index contributed by atoms with van der Waals surface area (Å²) in [5, 5.41) is 31.6. The fourth-order valence-electron chi connectivity index (χ4n) is 7.50. The Morgan fingerprint density at radius 2 is 1.58 bits per heavy atom. The number of halogens is 1. The number of hydrogen-bond donors (Lipinski definition) is 3. The lowest BCUT2D eigenvalue weighted by Gasteiger charge is -2.62. The van der Waals surface area contributed by atoms with E-state index < -0.39 is 11.7 Å². The van der Waals surface area contributed by atoms with Gasteiger partial charge in [-0.1, -0.05) is 13.8 Å². The van der Waals surface area contributed by atoms with Gasteiger partial charge in [0.2, 0.25) is 0 Å². The average Bonchev–Trinajstić information content (AvgIpc) is 2.71. The number of hydrogen-bond acceptors (Lipinski definition) is 3. The Bertz CT molecular complexity index is 523. The highest BCUT2D eigenvalue weighted by atomic mass is 35.5. The predicted octanol–water partition coefficient (Wildman–Crippen LogP) is 3.33. The first-order valence-electron chi connectivity index (χ1n) is 9.85. The van der Waals surface area contributed by atoms with Crippen LogP contribution in [0.3, 0.4) is 0 Å². The van der Waals surface area contributed by atoms with Crippen LogP contribution in [0.4, 0.5) is 0 Å². The minimum absolute atomic E-state index is 0.115. The lowest BCUT2D eigenvalue weighted by molar-refractivity contribution is -0.164. The lowest BCUT2D eigenvalue weighted by atomic mass is 9.44. The molecule has 0 aromatic rings. The van der Waals surface area contributed by atoms with Crippen molar-refractivity contribution >= 4 is 11.6 Å². The summed E-state index contributed by atoms with van der Waals surface area (Å²) in [5.74, 6) is 2.00. The van der Waals surface area contributed by atoms with Gasteiger partial charge in [0.1, 0.15) is 0 Å². The third-order valence-electron chi connectivity index (χ3n) is 9.34. The highest BCUT2D eigenvalue weighted by Crippen LogP contribution is 2.68. The van der Waals surface area contributed by atoms with Crippen LogP contribution in [0, 0.1) is 34.5 Å². The van der Waals surface area contributed by atoms with Gasteiger partial charge in [-0.05, 0) is 81.0 Å². The minimum Gasteiger partial charge on any atom is -0.392 e. The first kappa shape index (κ1) is 17.6. The van der Waals surface area contributed by atoms with E-state index in [4.69, 9.17) is 11.6 Å². The summed E-state index contributed by atoms with van der Waals surface area (Å²) in [4.78, 5) is 0. The summed E-state index contributed by atoms with van der Waals surface area (Å²) in [5.41, 5.74) is -0.946. The summed E-state index contributed by atoms with van der Waals surface area (Å²) < 4.78 is 0. The zero-order valence-corrected chi connectivity index (χ0v) is 16.0. The number of aliphatic hydroxyl groups excluding tert-OH is 2. The smallest absolute Gasteiger partial charge is 0.0933 e. The Morgan fingerprint density at radius 1 is 0.875 bits per heavy atom. The van der Waals surface area contributed by atoms with E-state index in [9.17, 15) is 15.3 Å². The van der Waals surface area contributed by atoms with Crippen LogP contribution >= 0.6 is 11.6 Å². The lowest BCUT2D eigenvalue weighted by Crippen LogP contribution is -2.59. The number of rotatable bonds is 0. The number of aliphatic hydroxyl groups is 3. The number of alkyl halides is 1. The Labute approximate surface area is 150 Å². The van der Waals surface area contributed by atoms with E-state index in [2.05, 4.69) is 13.8 Å². The largest absolute Gasteiger partial charge is 0.392 e. The molecule has 0 spiro atoms. The molecule has 4 aliphatic carbocycles. The van der Waals surface area contributed by atoms with Crippen LogP contribution in [-0.4, -0.2) is 38.5 Å². The zero-order valence-electron chi connectivity index (χ0n) is 15.2. The summed E-state index contributed by atoms with van der Waals surface area (Å²) in [7, 11) is 0. The molecule has 4 rings (SSSR count). The van der Waals surface area contributed by atoms with Gasteiger partial charge in [-0.3, -0.25) is 0 Å². The van der Waals surface area contributed by atoms with Gasteiger partial charge in [0, 0.05) is 5.41 Å². The minimum atomic E-state index is -0.974. The van der Waals surface area contributed by atoms with Crippen LogP contribution in [0.2, 0.25) is 0 Å². The second-order valence-electron chi connectivity index (χ2n) is 9.97. The first-order chi connectivity index (χ1) is 11.1. The van der Waals surface area contributed by atoms with Crippen LogP contribution in [0.1, 0.15) is 65.7 Å². The molecule has 4 fully saturated rings. The van der Waals surface area contributed by atoms with Gasteiger partial charge >= 0.3 is 0 Å². The maximum Gasteiger partial charge on any atom is 0.0933 e. The van der Waals surface area contributed by atoms with Gasteiger partial charge in [-0.25, -0.2) is 0 Å². The molecule has 0 bridgehead atoms. The molecule has 0 saturated heterocycles. The fourth-order valence-corrected chi connectivity index (χ4v) is 8.04. The maximum atomic E-state index is 11.0. The van der Waals surface area contributed by atoms with Crippen molar-refractivity contribution in [3.8, 4) is 0 Å². The molecule has 0 aromatic heterocycles. The van der Waals surface area contributed by atoms with Gasteiger partial charge in [0.15, 0.2) is 0 Å². The zero-order chi connectivity index (χ0) is 17.5. The summed E-state index contributed by atoms with van der Waals surface area (Å²) >= 11 is 6.64. The molecule has 3 nitrogen and oxygen atoms in total. The molecule has 0 radical (unpaired) electrons. The van der Waals surface area contributed by atoms with E-state index in [-0.39, 0.29) is 22.3 Å². The Kier molecular flexibility index (Phi) is 3.91. The van der Waals surface area contributed by atoms with Crippen molar-refractivity contribution in [3.05, 3.63) is 0 Å². The molecular weight excluding hydrogens is 324 g/mol. The van der Waals surface area contributed by atoms with Crippen LogP contribution < -0.4 is 0 Å². The summed E-state index contributed by atoms with van der Waals surface area (Å²) in [6, 6.07) is 0. The normalized spacial score (nSPS) is 63.4. The highest BCUT2D eigenvalue weighted by molar-refractivity contribution is 6.21. The van der Waals surface area contributed by atoms with E-state index >= 15 is 0 Å². The van der Waals surface area contributed by atoms with Crippen molar-refractivity contribution in [2.75, 3.05) is 0 Å². The molecule has 0 amide bonds. The third kappa shape index (κ3) is 2.02. The van der Waals surface area contributed by atoms with E-state index in [1.54, 1.807) is 0 Å². The molecule has 24 heavy (non-hydrogen) atoms. The standard InChI is InChI=1S/C20H33ClO3/c1-18-8-7-15(22)17(21)13(18)5-4-11-12(18)6-9-19(2)14(11)10-16(23)20(19,3)24/h11-17,22-24H,4-10H2,1-3H3/t11-,12+,13-,14+,15-,16-,17?,18-,19+,20+/m1/s1. The molecule has 0 aromatic carbocycles. The van der Waals surface area contributed by atoms with E-state index in [1.807, 2.05) is 6.92 Å². The summed E-state index contributed by atoms with van der Waals surface area (Å²) in [6.45, 7) is 6.45. The summed E-state index contributed by atoms with van der Waals surface area (Å²) in [6.07, 6.45) is 5.96. The molecule has 0 heterocycles. The van der Waals surface area contributed by atoms with Gasteiger partial charge in [-0.15, -0.1) is 11.6 Å². The second kappa shape index (κ2) is 5.34. The molecule has 4 aliphatic rings. The van der Waals surface area contributed by atoms with Crippen LogP contribution in [0.25, 0.3) is 0 Å². The van der Waals surface area contributed by atoms with E-state index in [0.29, 0.717) is 23.7 Å². The van der Waals surface area contributed by atoms with E-state index in [0.717, 1.165) is 44.9 Å². The van der Waals surface area contributed by atoms with Crippen LogP contribution in [0.5, 0.6) is 0 Å². The molecular formula is C20H33ClO3. The Balaban J connectivity index is 1.66. The first-order valence-corrected chi connectivity index (χ1v) is 10.3. The topological polar surface area (TPSA) is 60.7 Å². The third-order valence-corrected chi connectivity index (χ3v) is 9.94. The Hall–Kier alpha value is 0.170. The average molecular weight is 357 g/mol. The van der Waals surface area contributed by atoms with Gasteiger partial charge in [-0.2, -0.15) is 0 Å². The van der Waals surface area contributed by atoms with Crippen LogP contribution in [-0.2, 0) is 0 Å². The molecule has 4 heteroatoms. The maximum absolute atomic E-state index is 11.0. The van der Waals surface area contributed by atoms with Crippen molar-refractivity contribution in [2.45, 2.75) is 88.9 Å². The monoisotopic (exact) mass is 356 g/mol. The highest BCUT2D eigenvalue weighted by Gasteiger charge is 2.66. The fraction of sp³-hybridized carbons (Fsp3) is 1.00. The second-order valence-corrected chi connectivity index (χ2v) is 10.5. The molecule has 1 unspecified atom stereocenters. The van der Waals surface area contributed by atoms with E-state index in [1.165, 1.54) is 0 Å². The number of fused-ring (bicyclic) bond motifs is 5. The van der Waals surface area contributed by atoms with Crippen molar-refractivity contribution in [2.24, 2.45) is 34.5 Å². The molecule has 3 N–H and O–H groups in total. The van der Waals surface area contributed by atoms with Crippen molar-refractivity contribution in [3.63, 3.8) is 0 Å². The SMILES string of the molecule is C[C@]12CC[C@@H](O)C(Cl)[C@H]1CC[C@@H]1[C@@H]2CC[C@@]2(C)[C@H]1C[C@@H](O)[C@]2(C)O. The van der Waals surface area contributed by atoms with Crippen LogP contribution in [0.15, 0.2) is 0 Å². The van der Waals surface area contributed by atoms with Crippen molar-refractivity contribution in [1.82, 2.24) is 0 Å². The molecule has 138 valence electrons. The van der Waals surface area contributed by atoms with Gasteiger partial charge in [0.25, 0.3) is 0 Å². The predicted molar refractivity (Wildman–Crippen MR) is 94.8 cm³/mol. The Morgan fingerprint density at radius 3 is 2.29 bits per heavy atom. The van der Waals surface area contributed by atoms with Crippen molar-refractivity contribution in [1.29, 1.82) is 0 Å². The molecule has 0 aliphatic heterocycles. The quantitative estimate of drug-likeness (QED) is 0.583. The molecule has 4 saturated carbocycles. The van der Waals surface area contributed by atoms with Crippen molar-refractivity contribution < 1.29 is 15.3 Å².